The molecule has 1 aliphatic carbocycles. The molecule has 2 rings (SSSR count). The van der Waals surface area contributed by atoms with Crippen LogP contribution < -0.4 is 10.1 Å². The molecule has 1 saturated carbocycles. The summed E-state index contributed by atoms with van der Waals surface area (Å²) >= 11 is 3.36. The zero-order valence-electron chi connectivity index (χ0n) is 13.2. The number of rotatable bonds is 4. The number of nitrogens with one attached hydrogen (secondary N) is 1. The average molecular weight is 384 g/mol. The topological polar surface area (TPSA) is 75.6 Å². The van der Waals surface area contributed by atoms with E-state index < -0.39 is 11.9 Å². The Labute approximate surface area is 144 Å². The summed E-state index contributed by atoms with van der Waals surface area (Å²) in [5, 5.41) is 12.4. The number of hydrogen-bond acceptors (Lipinski definition) is 3. The van der Waals surface area contributed by atoms with Gasteiger partial charge in [0.25, 0.3) is 5.91 Å². The van der Waals surface area contributed by atoms with Crippen LogP contribution in [0.1, 0.15) is 48.9 Å². The second-order valence-corrected chi connectivity index (χ2v) is 6.72. The van der Waals surface area contributed by atoms with Gasteiger partial charge in [0.1, 0.15) is 5.75 Å². The molecule has 0 saturated heterocycles. The number of carbonyl (C=O) groups is 2. The van der Waals surface area contributed by atoms with Crippen LogP contribution in [0.5, 0.6) is 5.75 Å². The number of carbonyl (C=O) groups excluding carboxylic acids is 1. The molecule has 23 heavy (non-hydrogen) atoms. The largest absolute Gasteiger partial charge is 0.497 e. The monoisotopic (exact) mass is 383 g/mol. The molecule has 2 atom stereocenters. The third kappa shape index (κ3) is 4.70. The predicted octanol–water partition coefficient (Wildman–Crippen LogP) is 3.61. The van der Waals surface area contributed by atoms with Gasteiger partial charge >= 0.3 is 5.97 Å². The van der Waals surface area contributed by atoms with Gasteiger partial charge in [0.05, 0.1) is 18.6 Å². The van der Waals surface area contributed by atoms with Gasteiger partial charge in [-0.25, -0.2) is 0 Å². The molecular formula is C17H22BrNO4. The highest BCUT2D eigenvalue weighted by molar-refractivity contribution is 9.10. The quantitative estimate of drug-likeness (QED) is 0.832. The van der Waals surface area contributed by atoms with Crippen molar-refractivity contribution in [1.82, 2.24) is 5.32 Å². The second-order valence-electron chi connectivity index (χ2n) is 5.86. The molecule has 1 aromatic rings. The zero-order chi connectivity index (χ0) is 16.8. The van der Waals surface area contributed by atoms with Crippen LogP contribution in [0.2, 0.25) is 0 Å². The van der Waals surface area contributed by atoms with Gasteiger partial charge in [-0.05, 0) is 47.0 Å². The molecule has 6 heteroatoms. The Hall–Kier alpha value is -1.56. The third-order valence-corrected chi connectivity index (χ3v) is 5.01. The molecule has 0 aliphatic heterocycles. The van der Waals surface area contributed by atoms with E-state index in [9.17, 15) is 14.7 Å². The number of carboxylic acid groups (broad SMARTS) is 1. The summed E-state index contributed by atoms with van der Waals surface area (Å²) in [5.74, 6) is -1.04. The minimum Gasteiger partial charge on any atom is -0.497 e. The number of ether oxygens (including phenoxy) is 1. The first kappa shape index (κ1) is 17.8. The molecule has 126 valence electrons. The summed E-state index contributed by atoms with van der Waals surface area (Å²) in [6.45, 7) is 0. The lowest BCUT2D eigenvalue weighted by molar-refractivity contribution is -0.143. The normalized spacial score (nSPS) is 21.8. The zero-order valence-corrected chi connectivity index (χ0v) is 14.8. The summed E-state index contributed by atoms with van der Waals surface area (Å²) in [4.78, 5) is 24.1. The number of halogens is 1. The lowest BCUT2D eigenvalue weighted by Gasteiger charge is -2.27. The molecule has 0 spiro atoms. The van der Waals surface area contributed by atoms with Crippen molar-refractivity contribution in [2.75, 3.05) is 7.11 Å². The molecular weight excluding hydrogens is 362 g/mol. The average Bonchev–Trinajstić information content (AvgIpc) is 2.50. The van der Waals surface area contributed by atoms with E-state index in [-0.39, 0.29) is 11.9 Å². The van der Waals surface area contributed by atoms with E-state index in [4.69, 9.17) is 4.74 Å². The van der Waals surface area contributed by atoms with Crippen LogP contribution in [0.4, 0.5) is 0 Å². The van der Waals surface area contributed by atoms with Crippen molar-refractivity contribution in [3.05, 3.63) is 28.2 Å². The lowest BCUT2D eigenvalue weighted by atomic mass is 9.86. The van der Waals surface area contributed by atoms with Gasteiger partial charge in [-0.2, -0.15) is 0 Å². The van der Waals surface area contributed by atoms with Crippen molar-refractivity contribution < 1.29 is 19.4 Å². The van der Waals surface area contributed by atoms with Gasteiger partial charge in [0.2, 0.25) is 0 Å². The summed E-state index contributed by atoms with van der Waals surface area (Å²) in [7, 11) is 1.54. The Morgan fingerprint density at radius 2 is 1.91 bits per heavy atom. The van der Waals surface area contributed by atoms with E-state index in [1.54, 1.807) is 25.3 Å². The Kier molecular flexibility index (Phi) is 6.45. The van der Waals surface area contributed by atoms with E-state index in [0.717, 1.165) is 25.7 Å². The molecule has 0 radical (unpaired) electrons. The van der Waals surface area contributed by atoms with Crippen LogP contribution in [-0.2, 0) is 4.79 Å². The number of methoxy groups -OCH3 is 1. The Morgan fingerprint density at radius 1 is 1.22 bits per heavy atom. The van der Waals surface area contributed by atoms with Crippen molar-refractivity contribution in [2.45, 2.75) is 44.6 Å². The fourth-order valence-corrected chi connectivity index (χ4v) is 3.43. The Morgan fingerprint density at radius 3 is 2.57 bits per heavy atom. The summed E-state index contributed by atoms with van der Waals surface area (Å²) in [5.41, 5.74) is 0.454. The fourth-order valence-electron chi connectivity index (χ4n) is 3.00. The molecule has 5 nitrogen and oxygen atoms in total. The lowest BCUT2D eigenvalue weighted by Crippen LogP contribution is -2.44. The predicted molar refractivity (Wildman–Crippen MR) is 90.8 cm³/mol. The second kappa shape index (κ2) is 8.34. The van der Waals surface area contributed by atoms with E-state index in [1.807, 2.05) is 0 Å². The molecule has 2 N–H and O–H groups in total. The number of hydrogen-bond donors (Lipinski definition) is 2. The van der Waals surface area contributed by atoms with E-state index in [1.165, 1.54) is 0 Å². The molecule has 1 aromatic carbocycles. The summed E-state index contributed by atoms with van der Waals surface area (Å²) in [6, 6.07) is 4.83. The highest BCUT2D eigenvalue weighted by Gasteiger charge is 2.30. The number of amides is 1. The maximum absolute atomic E-state index is 12.6. The SMILES string of the molecule is COc1ccc(Br)c(C(=O)NC2CCCCCCC2C(=O)O)c1. The first-order valence-corrected chi connectivity index (χ1v) is 8.69. The first-order chi connectivity index (χ1) is 11.0. The van der Waals surface area contributed by atoms with Gasteiger partial charge in [-0.15, -0.1) is 0 Å². The van der Waals surface area contributed by atoms with Gasteiger partial charge in [0.15, 0.2) is 0 Å². The minimum absolute atomic E-state index is 0.271. The van der Waals surface area contributed by atoms with Crippen LogP contribution in [0.25, 0.3) is 0 Å². The van der Waals surface area contributed by atoms with Crippen LogP contribution in [0, 0.1) is 5.92 Å². The minimum atomic E-state index is -0.832. The van der Waals surface area contributed by atoms with E-state index in [0.29, 0.717) is 28.6 Å². The van der Waals surface area contributed by atoms with Crippen LogP contribution in [0.15, 0.2) is 22.7 Å². The van der Waals surface area contributed by atoms with Crippen molar-refractivity contribution in [1.29, 1.82) is 0 Å². The van der Waals surface area contributed by atoms with Gasteiger partial charge < -0.3 is 15.2 Å². The van der Waals surface area contributed by atoms with Gasteiger partial charge in [-0.3, -0.25) is 9.59 Å². The summed E-state index contributed by atoms with van der Waals surface area (Å²) < 4.78 is 5.81. The number of carboxylic acids is 1. The molecule has 0 aromatic heterocycles. The molecule has 1 aliphatic rings. The van der Waals surface area contributed by atoms with Crippen LogP contribution in [-0.4, -0.2) is 30.1 Å². The van der Waals surface area contributed by atoms with Crippen LogP contribution >= 0.6 is 15.9 Å². The Bertz CT molecular complexity index is 576. The van der Waals surface area contributed by atoms with Gasteiger partial charge in [0, 0.05) is 10.5 Å². The van der Waals surface area contributed by atoms with Crippen molar-refractivity contribution >= 4 is 27.8 Å². The van der Waals surface area contributed by atoms with Crippen LogP contribution in [0.3, 0.4) is 0 Å². The molecule has 0 heterocycles. The van der Waals surface area contributed by atoms with E-state index in [2.05, 4.69) is 21.2 Å². The highest BCUT2D eigenvalue weighted by atomic mass is 79.9. The molecule has 0 bridgehead atoms. The van der Waals surface area contributed by atoms with Crippen molar-refractivity contribution in [3.63, 3.8) is 0 Å². The summed E-state index contributed by atoms with van der Waals surface area (Å²) in [6.07, 6.45) is 5.29. The maximum atomic E-state index is 12.6. The Balaban J connectivity index is 2.17. The van der Waals surface area contributed by atoms with Crippen molar-refractivity contribution in [3.8, 4) is 5.75 Å². The third-order valence-electron chi connectivity index (χ3n) is 4.32. The number of aliphatic carboxylic acids is 1. The fraction of sp³-hybridized carbons (Fsp3) is 0.529. The smallest absolute Gasteiger partial charge is 0.308 e. The van der Waals surface area contributed by atoms with Crippen molar-refractivity contribution in [2.24, 2.45) is 5.92 Å². The highest BCUT2D eigenvalue weighted by Crippen LogP contribution is 2.26. The number of benzene rings is 1. The first-order valence-electron chi connectivity index (χ1n) is 7.90. The molecule has 1 amide bonds. The van der Waals surface area contributed by atoms with E-state index >= 15 is 0 Å². The molecule has 1 fully saturated rings. The maximum Gasteiger partial charge on any atom is 0.308 e. The van der Waals surface area contributed by atoms with Gasteiger partial charge in [-0.1, -0.05) is 25.7 Å². The standard InChI is InChI=1S/C17H22BrNO4/c1-23-11-8-9-14(18)13(10-11)16(20)19-15-7-5-3-2-4-6-12(15)17(21)22/h8-10,12,15H,2-7H2,1H3,(H,19,20)(H,21,22). The molecule has 2 unspecified atom stereocenters.